The van der Waals surface area contributed by atoms with Gasteiger partial charge in [-0.15, -0.1) is 0 Å². The second-order valence-electron chi connectivity index (χ2n) is 4.55. The summed E-state index contributed by atoms with van der Waals surface area (Å²) in [5.41, 5.74) is 0. The Balaban J connectivity index is 2.97. The summed E-state index contributed by atoms with van der Waals surface area (Å²) >= 11 is 0. The number of nitrogens with one attached hydrogen (secondary N) is 1. The minimum atomic E-state index is -3.92. The summed E-state index contributed by atoms with van der Waals surface area (Å²) < 4.78 is 26.5. The lowest BCUT2D eigenvalue weighted by Gasteiger charge is -2.43. The summed E-state index contributed by atoms with van der Waals surface area (Å²) in [4.78, 5) is 20.4. The summed E-state index contributed by atoms with van der Waals surface area (Å²) in [6.07, 6.45) is -4.72. The van der Waals surface area contributed by atoms with Crippen molar-refractivity contribution < 1.29 is 38.5 Å². The maximum absolute atomic E-state index is 11.3. The molecule has 0 radical (unpaired) electrons. The largest absolute Gasteiger partial charge is 0.394 e. The fourth-order valence-corrected chi connectivity index (χ4v) is 2.73. The van der Waals surface area contributed by atoms with Gasteiger partial charge in [0, 0.05) is 20.7 Å². The monoisotopic (exact) mass is 313 g/mol. The van der Waals surface area contributed by atoms with Gasteiger partial charge in [0.1, 0.15) is 24.4 Å². The number of methoxy groups -OCH3 is 1. The minimum absolute atomic E-state index is 0.440. The zero-order valence-electron chi connectivity index (χ0n) is 11.4. The molecule has 0 aliphatic carbocycles. The number of aliphatic hydroxyl groups is 2. The average molecular weight is 313 g/mol. The average Bonchev–Trinajstić information content (AvgIpc) is 2.32. The zero-order chi connectivity index (χ0) is 15.5. The molecule has 118 valence electrons. The fraction of sp³-hybridized carbons (Fsp3) is 0.900. The van der Waals surface area contributed by atoms with E-state index in [1.54, 1.807) is 0 Å². The van der Waals surface area contributed by atoms with Crippen LogP contribution < -0.4 is 5.32 Å². The van der Waals surface area contributed by atoms with E-state index in [9.17, 15) is 24.5 Å². The maximum atomic E-state index is 11.3. The van der Waals surface area contributed by atoms with Crippen LogP contribution in [-0.4, -0.2) is 72.0 Å². The van der Waals surface area contributed by atoms with Gasteiger partial charge in [-0.05, 0) is 0 Å². The smallest absolute Gasteiger partial charge is 0.325 e. The predicted molar refractivity (Wildman–Crippen MR) is 67.0 cm³/mol. The van der Waals surface area contributed by atoms with E-state index in [0.717, 1.165) is 6.66 Å². The molecule has 1 heterocycles. The predicted octanol–water partition coefficient (Wildman–Crippen LogP) is -1.58. The summed E-state index contributed by atoms with van der Waals surface area (Å²) in [5, 5.41) is 21.8. The van der Waals surface area contributed by atoms with Crippen molar-refractivity contribution in [3.8, 4) is 0 Å². The number of hydrogen-bond acceptors (Lipinski definition) is 7. The third-order valence-corrected chi connectivity index (χ3v) is 3.41. The number of carbonyl (C=O) groups excluding carboxylic acids is 1. The Morgan fingerprint density at radius 3 is 2.50 bits per heavy atom. The van der Waals surface area contributed by atoms with Gasteiger partial charge < -0.3 is 29.9 Å². The second kappa shape index (κ2) is 6.95. The van der Waals surface area contributed by atoms with Crippen LogP contribution in [0.15, 0.2) is 0 Å². The molecule has 1 fully saturated rings. The van der Waals surface area contributed by atoms with E-state index in [-0.39, 0.29) is 0 Å². The lowest BCUT2D eigenvalue weighted by atomic mass is 9.97. The summed E-state index contributed by atoms with van der Waals surface area (Å²) in [7, 11) is -2.61. The lowest BCUT2D eigenvalue weighted by molar-refractivity contribution is -0.258. The van der Waals surface area contributed by atoms with Crippen LogP contribution in [0, 0.1) is 0 Å². The number of aliphatic hydroxyl groups excluding tert-OH is 2. The quantitative estimate of drug-likeness (QED) is 0.447. The number of ether oxygens (including phenoxy) is 2. The molecule has 9 nitrogen and oxygen atoms in total. The van der Waals surface area contributed by atoms with Gasteiger partial charge in [0.05, 0.1) is 6.61 Å². The molecule has 6 unspecified atom stereocenters. The first-order valence-electron chi connectivity index (χ1n) is 5.92. The summed E-state index contributed by atoms with van der Waals surface area (Å²) in [6.45, 7) is 1.64. The highest BCUT2D eigenvalue weighted by Gasteiger charge is 2.48. The Morgan fingerprint density at radius 1 is 1.50 bits per heavy atom. The molecule has 0 aromatic heterocycles. The van der Waals surface area contributed by atoms with E-state index in [4.69, 9.17) is 14.0 Å². The molecule has 0 saturated carbocycles. The van der Waals surface area contributed by atoms with Crippen LogP contribution in [0.2, 0.25) is 0 Å². The molecular formula is C10H20NO8P. The molecule has 0 aromatic rings. The normalized spacial score (nSPS) is 37.2. The van der Waals surface area contributed by atoms with Crippen molar-refractivity contribution in [2.24, 2.45) is 0 Å². The Hall–Kier alpha value is -0.540. The molecule has 0 spiro atoms. The minimum Gasteiger partial charge on any atom is -0.394 e. The van der Waals surface area contributed by atoms with Crippen LogP contribution in [0.1, 0.15) is 6.92 Å². The molecule has 1 rings (SSSR count). The Kier molecular flexibility index (Phi) is 6.08. The van der Waals surface area contributed by atoms with E-state index in [1.807, 2.05) is 0 Å². The summed E-state index contributed by atoms with van der Waals surface area (Å²) in [6, 6.07) is -0.989. The van der Waals surface area contributed by atoms with E-state index in [1.165, 1.54) is 14.0 Å². The van der Waals surface area contributed by atoms with Gasteiger partial charge in [-0.2, -0.15) is 0 Å². The van der Waals surface area contributed by atoms with Gasteiger partial charge in [-0.3, -0.25) is 13.9 Å². The molecule has 1 aliphatic heterocycles. The van der Waals surface area contributed by atoms with E-state index in [2.05, 4.69) is 5.32 Å². The molecule has 1 amide bonds. The number of hydrogen-bond donors (Lipinski definition) is 4. The van der Waals surface area contributed by atoms with Gasteiger partial charge >= 0.3 is 7.60 Å². The van der Waals surface area contributed by atoms with Crippen molar-refractivity contribution in [1.82, 2.24) is 5.32 Å². The fourth-order valence-electron chi connectivity index (χ4n) is 2.01. The Bertz CT molecular complexity index is 385. The third-order valence-electron chi connectivity index (χ3n) is 2.77. The molecule has 1 aliphatic rings. The Labute approximate surface area is 116 Å². The van der Waals surface area contributed by atoms with Crippen LogP contribution in [0.3, 0.4) is 0 Å². The van der Waals surface area contributed by atoms with Crippen molar-refractivity contribution in [1.29, 1.82) is 0 Å². The summed E-state index contributed by atoms with van der Waals surface area (Å²) in [5.74, 6) is -0.440. The molecule has 4 N–H and O–H groups in total. The van der Waals surface area contributed by atoms with Gasteiger partial charge in [-0.25, -0.2) is 0 Å². The number of rotatable bonds is 5. The van der Waals surface area contributed by atoms with Crippen LogP contribution >= 0.6 is 7.60 Å². The van der Waals surface area contributed by atoms with Crippen LogP contribution in [0.5, 0.6) is 0 Å². The number of carbonyl (C=O) groups is 1. The standard InChI is InChI=1S/C10H20NO8P/c1-5(13)11-7-8(14)9(19-20(3,15)16)6(4-12)18-10(7)17-2/h6-10,12,14H,4H2,1-3H3,(H,11,13)(H,15,16). The van der Waals surface area contributed by atoms with Gasteiger partial charge in [0.2, 0.25) is 5.91 Å². The molecule has 0 aromatic carbocycles. The topological polar surface area (TPSA) is 135 Å². The molecule has 0 bridgehead atoms. The number of amides is 1. The first-order chi connectivity index (χ1) is 9.19. The van der Waals surface area contributed by atoms with Crippen molar-refractivity contribution in [2.75, 3.05) is 20.4 Å². The van der Waals surface area contributed by atoms with Crippen molar-refractivity contribution >= 4 is 13.5 Å². The van der Waals surface area contributed by atoms with Crippen LogP contribution in [0.4, 0.5) is 0 Å². The first-order valence-corrected chi connectivity index (χ1v) is 7.95. The highest BCUT2D eigenvalue weighted by atomic mass is 31.2. The Morgan fingerprint density at radius 2 is 2.10 bits per heavy atom. The van der Waals surface area contributed by atoms with Gasteiger partial charge in [0.25, 0.3) is 0 Å². The molecule has 10 heteroatoms. The first kappa shape index (κ1) is 17.5. The lowest BCUT2D eigenvalue weighted by Crippen LogP contribution is -2.64. The highest BCUT2D eigenvalue weighted by Crippen LogP contribution is 2.41. The van der Waals surface area contributed by atoms with E-state index >= 15 is 0 Å². The van der Waals surface area contributed by atoms with Crippen LogP contribution in [-0.2, 0) is 23.4 Å². The molecular weight excluding hydrogens is 293 g/mol. The highest BCUT2D eigenvalue weighted by molar-refractivity contribution is 7.51. The second-order valence-corrected chi connectivity index (χ2v) is 6.37. The van der Waals surface area contributed by atoms with E-state index in [0.29, 0.717) is 0 Å². The molecule has 1 saturated heterocycles. The van der Waals surface area contributed by atoms with Crippen LogP contribution in [0.25, 0.3) is 0 Å². The zero-order valence-corrected chi connectivity index (χ0v) is 12.3. The van der Waals surface area contributed by atoms with Crippen molar-refractivity contribution in [2.45, 2.75) is 37.6 Å². The van der Waals surface area contributed by atoms with Gasteiger partial charge in [-0.1, -0.05) is 0 Å². The third kappa shape index (κ3) is 4.49. The SMILES string of the molecule is COC1OC(CO)C(OP(C)(=O)O)C(O)C1NC(C)=O. The van der Waals surface area contributed by atoms with Crippen molar-refractivity contribution in [3.05, 3.63) is 0 Å². The van der Waals surface area contributed by atoms with Crippen molar-refractivity contribution in [3.63, 3.8) is 0 Å². The molecule has 6 atom stereocenters. The maximum Gasteiger partial charge on any atom is 0.325 e. The molecule has 20 heavy (non-hydrogen) atoms. The van der Waals surface area contributed by atoms with Gasteiger partial charge in [0.15, 0.2) is 6.29 Å². The van der Waals surface area contributed by atoms with E-state index < -0.39 is 50.8 Å².